The first kappa shape index (κ1) is 18.2. The van der Waals surface area contributed by atoms with Crippen molar-refractivity contribution in [2.45, 2.75) is 45.6 Å². The quantitative estimate of drug-likeness (QED) is 0.626. The molecule has 6 nitrogen and oxygen atoms in total. The zero-order valence-electron chi connectivity index (χ0n) is 16.0. The van der Waals surface area contributed by atoms with Gasteiger partial charge in [0.05, 0.1) is 18.0 Å². The van der Waals surface area contributed by atoms with Crippen molar-refractivity contribution in [2.24, 2.45) is 11.8 Å². The number of carbonyl (C=O) groups excluding carboxylic acids is 2. The van der Waals surface area contributed by atoms with Crippen LogP contribution >= 0.6 is 0 Å². The molecule has 5 rings (SSSR count). The lowest BCUT2D eigenvalue weighted by Crippen LogP contribution is -2.47. The highest BCUT2D eigenvalue weighted by atomic mass is 16.5. The molecule has 1 aromatic carbocycles. The zero-order chi connectivity index (χ0) is 19.0. The van der Waals surface area contributed by atoms with E-state index in [1.807, 2.05) is 32.0 Å². The number of ketones is 1. The molecule has 1 atom stereocenters. The molecule has 2 bridgehead atoms. The van der Waals surface area contributed by atoms with Gasteiger partial charge in [0.15, 0.2) is 5.78 Å². The summed E-state index contributed by atoms with van der Waals surface area (Å²) in [5.74, 6) is 0.955. The summed E-state index contributed by atoms with van der Waals surface area (Å²) in [6.45, 7) is 7.06. The van der Waals surface area contributed by atoms with Crippen molar-refractivity contribution < 1.29 is 14.3 Å². The summed E-state index contributed by atoms with van der Waals surface area (Å²) in [6.07, 6.45) is 3.05. The largest absolute Gasteiger partial charge is 0.463 e. The van der Waals surface area contributed by atoms with E-state index in [4.69, 9.17) is 4.74 Å². The molecule has 3 aliphatic rings. The lowest BCUT2D eigenvalue weighted by molar-refractivity contribution is -0.146. The van der Waals surface area contributed by atoms with Crippen LogP contribution in [-0.4, -0.2) is 52.6 Å². The minimum atomic E-state index is -0.256. The maximum atomic E-state index is 13.0. The first-order chi connectivity index (χ1) is 13.0. The number of hydrogen-bond acceptors (Lipinski definition) is 5. The topological polar surface area (TPSA) is 75.3 Å². The molecule has 3 fully saturated rings. The summed E-state index contributed by atoms with van der Waals surface area (Å²) in [4.78, 5) is 27.4. The van der Waals surface area contributed by atoms with Crippen LogP contribution in [0.3, 0.4) is 0 Å². The van der Waals surface area contributed by atoms with E-state index >= 15 is 0 Å². The van der Waals surface area contributed by atoms with Crippen LogP contribution in [0.15, 0.2) is 18.2 Å². The summed E-state index contributed by atoms with van der Waals surface area (Å²) in [7, 11) is 0. The van der Waals surface area contributed by atoms with Crippen LogP contribution in [0.1, 0.15) is 49.2 Å². The van der Waals surface area contributed by atoms with Crippen molar-refractivity contribution in [3.8, 4) is 0 Å². The molecule has 4 heterocycles. The van der Waals surface area contributed by atoms with Crippen LogP contribution in [0.2, 0.25) is 0 Å². The average Bonchev–Trinajstić information content (AvgIpc) is 3.05. The number of benzene rings is 1. The van der Waals surface area contributed by atoms with Crippen molar-refractivity contribution in [2.75, 3.05) is 19.6 Å². The van der Waals surface area contributed by atoms with E-state index < -0.39 is 0 Å². The maximum Gasteiger partial charge on any atom is 0.310 e. The zero-order valence-corrected chi connectivity index (χ0v) is 16.0. The third kappa shape index (κ3) is 3.90. The van der Waals surface area contributed by atoms with Gasteiger partial charge in [0.25, 0.3) is 0 Å². The van der Waals surface area contributed by atoms with Crippen LogP contribution in [0.5, 0.6) is 0 Å². The number of fused-ring (bicyclic) bond motifs is 4. The molecule has 27 heavy (non-hydrogen) atoms. The van der Waals surface area contributed by atoms with Gasteiger partial charge in [-0.2, -0.15) is 5.10 Å². The van der Waals surface area contributed by atoms with E-state index in [-0.39, 0.29) is 24.3 Å². The van der Waals surface area contributed by atoms with Crippen molar-refractivity contribution in [3.05, 3.63) is 29.5 Å². The Morgan fingerprint density at radius 2 is 2.07 bits per heavy atom. The van der Waals surface area contributed by atoms with Crippen molar-refractivity contribution in [1.29, 1.82) is 0 Å². The fourth-order valence-corrected chi connectivity index (χ4v) is 4.51. The molecule has 0 radical (unpaired) electrons. The number of aromatic amines is 1. The third-order valence-electron chi connectivity index (χ3n) is 5.85. The number of hydrogen-bond donors (Lipinski definition) is 1. The van der Waals surface area contributed by atoms with E-state index in [9.17, 15) is 9.59 Å². The predicted octanol–water partition coefficient (Wildman–Crippen LogP) is 2.97. The molecule has 0 unspecified atom stereocenters. The molecule has 0 amide bonds. The van der Waals surface area contributed by atoms with Gasteiger partial charge in [0.2, 0.25) is 0 Å². The van der Waals surface area contributed by atoms with E-state index in [2.05, 4.69) is 15.1 Å². The molecule has 3 aliphatic heterocycles. The van der Waals surface area contributed by atoms with E-state index in [1.54, 1.807) is 0 Å². The van der Waals surface area contributed by atoms with Crippen LogP contribution in [-0.2, 0) is 16.0 Å². The monoisotopic (exact) mass is 369 g/mol. The predicted molar refractivity (Wildman–Crippen MR) is 103 cm³/mol. The van der Waals surface area contributed by atoms with Crippen LogP contribution in [0.4, 0.5) is 0 Å². The molecule has 0 spiro atoms. The number of nitrogens with one attached hydrogen (secondary N) is 1. The number of ether oxygens (including phenoxy) is 1. The Kier molecular flexibility index (Phi) is 5.00. The lowest BCUT2D eigenvalue weighted by atomic mass is 9.76. The van der Waals surface area contributed by atoms with Gasteiger partial charge in [0, 0.05) is 18.4 Å². The average molecular weight is 369 g/mol. The Balaban J connectivity index is 1.50. The fourth-order valence-electron chi connectivity index (χ4n) is 4.51. The summed E-state index contributed by atoms with van der Waals surface area (Å²) < 4.78 is 5.22. The van der Waals surface area contributed by atoms with Gasteiger partial charge in [-0.05, 0) is 69.3 Å². The van der Waals surface area contributed by atoms with Crippen molar-refractivity contribution in [1.82, 2.24) is 15.1 Å². The summed E-state index contributed by atoms with van der Waals surface area (Å²) in [5.41, 5.74) is 2.17. The highest BCUT2D eigenvalue weighted by Crippen LogP contribution is 2.35. The highest BCUT2D eigenvalue weighted by molar-refractivity contribution is 6.06. The minimum Gasteiger partial charge on any atom is -0.463 e. The van der Waals surface area contributed by atoms with Gasteiger partial charge < -0.3 is 9.64 Å². The van der Waals surface area contributed by atoms with Gasteiger partial charge >= 0.3 is 5.97 Å². The number of Topliss-reactive ketones (excluding diaryl/α,β-unsaturated/α-hetero) is 1. The summed E-state index contributed by atoms with van der Waals surface area (Å²) in [6, 6.07) is 5.65. The van der Waals surface area contributed by atoms with Gasteiger partial charge in [-0.3, -0.25) is 14.7 Å². The minimum absolute atomic E-state index is 0.0990. The lowest BCUT2D eigenvalue weighted by Gasteiger charge is -2.44. The van der Waals surface area contributed by atoms with Crippen molar-refractivity contribution in [3.63, 3.8) is 0 Å². The van der Waals surface area contributed by atoms with E-state index in [0.29, 0.717) is 24.0 Å². The number of H-pyrrole nitrogens is 1. The molecule has 144 valence electrons. The van der Waals surface area contributed by atoms with Gasteiger partial charge in [0.1, 0.15) is 5.69 Å². The first-order valence-electron chi connectivity index (χ1n) is 9.91. The molecule has 0 aliphatic carbocycles. The second kappa shape index (κ2) is 7.43. The summed E-state index contributed by atoms with van der Waals surface area (Å²) in [5, 5.41) is 8.04. The molecular weight excluding hydrogens is 342 g/mol. The van der Waals surface area contributed by atoms with E-state index in [1.165, 1.54) is 25.9 Å². The Hall–Kier alpha value is -2.21. The fraction of sp³-hybridized carbons (Fsp3) is 0.571. The Labute approximate surface area is 159 Å². The normalized spacial score (nSPS) is 24.5. The molecular formula is C21H27N3O3. The number of carbonyl (C=O) groups is 2. The second-order valence-corrected chi connectivity index (χ2v) is 8.19. The van der Waals surface area contributed by atoms with E-state index in [0.717, 1.165) is 23.0 Å². The van der Waals surface area contributed by atoms with Crippen molar-refractivity contribution >= 4 is 22.7 Å². The molecule has 1 aromatic heterocycles. The van der Waals surface area contributed by atoms with Crippen LogP contribution < -0.4 is 0 Å². The third-order valence-corrected chi connectivity index (χ3v) is 5.85. The number of aromatic nitrogens is 2. The second-order valence-electron chi connectivity index (χ2n) is 8.19. The highest BCUT2D eigenvalue weighted by Gasteiger charge is 2.35. The molecule has 2 aromatic rings. The maximum absolute atomic E-state index is 13.0. The molecule has 1 N–H and O–H groups in total. The van der Waals surface area contributed by atoms with Gasteiger partial charge in [-0.25, -0.2) is 0 Å². The van der Waals surface area contributed by atoms with Gasteiger partial charge in [-0.1, -0.05) is 6.07 Å². The van der Waals surface area contributed by atoms with Crippen LogP contribution in [0.25, 0.3) is 10.9 Å². The number of rotatable bonds is 6. The Morgan fingerprint density at radius 3 is 2.74 bits per heavy atom. The Morgan fingerprint density at radius 1 is 1.30 bits per heavy atom. The molecule has 6 heteroatoms. The van der Waals surface area contributed by atoms with Crippen LogP contribution in [0, 0.1) is 11.8 Å². The molecule has 3 saturated heterocycles. The SMILES string of the molecule is CC(C)OC(=O)Cc1ccc2[nH]nc(C(=O)C[C@H]3CN4CCC3CC4)c2c1. The number of nitrogens with zero attached hydrogens (tertiary/aromatic N) is 2. The number of esters is 1. The summed E-state index contributed by atoms with van der Waals surface area (Å²) >= 11 is 0. The molecule has 0 saturated carbocycles. The number of piperidine rings is 3. The Bertz CT molecular complexity index is 849. The standard InChI is InChI=1S/C21H27N3O3/c1-13(2)27-20(26)10-14-3-4-18-17(9-14)21(23-22-18)19(25)11-16-12-24-7-5-15(16)6-8-24/h3-4,9,13,15-16H,5-8,10-12H2,1-2H3,(H,22,23)/t16-/m0/s1. The smallest absolute Gasteiger partial charge is 0.310 e. The van der Waals surface area contributed by atoms with Gasteiger partial charge in [-0.15, -0.1) is 0 Å². The first-order valence-corrected chi connectivity index (χ1v) is 9.91.